The van der Waals surface area contributed by atoms with Crippen molar-refractivity contribution >= 4 is 38.5 Å². The van der Waals surface area contributed by atoms with Crippen LogP contribution in [-0.2, 0) is 10.0 Å². The Morgan fingerprint density at radius 3 is 2.61 bits per heavy atom. The molecule has 0 atom stereocenters. The molecular formula is C19H18ClN3O4S. The summed E-state index contributed by atoms with van der Waals surface area (Å²) in [5.74, 6) is 0.0177. The van der Waals surface area contributed by atoms with Crippen molar-refractivity contribution in [2.75, 3.05) is 26.2 Å². The fourth-order valence-corrected chi connectivity index (χ4v) is 4.88. The van der Waals surface area contributed by atoms with E-state index in [-0.39, 0.29) is 42.7 Å². The number of piperazine rings is 1. The van der Waals surface area contributed by atoms with E-state index in [2.05, 4.69) is 4.98 Å². The lowest BCUT2D eigenvalue weighted by Crippen LogP contribution is -2.50. The quantitative estimate of drug-likeness (QED) is 0.651. The standard InChI is InChI=1S/C19H18ClN3O4S/c1-13-16-11-14(20)4-5-17(16)27-18(13)19(24)22-7-9-23(10-8-22)28(25,26)15-3-2-6-21-12-15/h2-6,11-12H,7-10H2,1H3. The molecule has 0 N–H and O–H groups in total. The van der Waals surface area contributed by atoms with Crippen LogP contribution in [0.4, 0.5) is 0 Å². The highest BCUT2D eigenvalue weighted by Crippen LogP contribution is 2.29. The van der Waals surface area contributed by atoms with Crippen LogP contribution in [0.5, 0.6) is 0 Å². The lowest BCUT2D eigenvalue weighted by Gasteiger charge is -2.33. The molecule has 2 aromatic heterocycles. The largest absolute Gasteiger partial charge is 0.451 e. The number of amides is 1. The van der Waals surface area contributed by atoms with E-state index >= 15 is 0 Å². The molecule has 0 radical (unpaired) electrons. The van der Waals surface area contributed by atoms with Gasteiger partial charge in [0.15, 0.2) is 5.76 Å². The molecule has 1 aliphatic heterocycles. The van der Waals surface area contributed by atoms with Gasteiger partial charge < -0.3 is 9.32 Å². The Balaban J connectivity index is 1.51. The van der Waals surface area contributed by atoms with Gasteiger partial charge in [-0.2, -0.15) is 4.31 Å². The Kier molecular flexibility index (Phi) is 4.86. The number of fused-ring (bicyclic) bond motifs is 1. The fraction of sp³-hybridized carbons (Fsp3) is 0.263. The fourth-order valence-electron chi connectivity index (χ4n) is 3.32. The van der Waals surface area contributed by atoms with Crippen LogP contribution in [0.2, 0.25) is 5.02 Å². The second kappa shape index (κ2) is 7.20. The van der Waals surface area contributed by atoms with Crippen molar-refractivity contribution in [1.29, 1.82) is 0 Å². The smallest absolute Gasteiger partial charge is 0.289 e. The SMILES string of the molecule is Cc1c(C(=O)N2CCN(S(=O)(=O)c3cccnc3)CC2)oc2ccc(Cl)cc12. The van der Waals surface area contributed by atoms with Gasteiger partial charge in [0.1, 0.15) is 10.5 Å². The number of furan rings is 1. The highest BCUT2D eigenvalue weighted by molar-refractivity contribution is 7.89. The summed E-state index contributed by atoms with van der Waals surface area (Å²) in [7, 11) is -3.61. The third kappa shape index (κ3) is 3.28. The molecule has 3 aromatic rings. The van der Waals surface area contributed by atoms with Crippen molar-refractivity contribution in [3.05, 3.63) is 59.1 Å². The van der Waals surface area contributed by atoms with Crippen LogP contribution in [0, 0.1) is 6.92 Å². The number of rotatable bonds is 3. The molecule has 0 saturated carbocycles. The van der Waals surface area contributed by atoms with E-state index in [4.69, 9.17) is 16.0 Å². The Labute approximate surface area is 167 Å². The van der Waals surface area contributed by atoms with Gasteiger partial charge in [0.2, 0.25) is 10.0 Å². The number of carbonyl (C=O) groups excluding carboxylic acids is 1. The average molecular weight is 420 g/mol. The first-order valence-corrected chi connectivity index (χ1v) is 10.6. The third-order valence-electron chi connectivity index (χ3n) is 4.89. The first-order chi connectivity index (χ1) is 13.4. The second-order valence-corrected chi connectivity index (χ2v) is 8.96. The lowest BCUT2D eigenvalue weighted by atomic mass is 10.1. The van der Waals surface area contributed by atoms with E-state index in [1.54, 1.807) is 29.2 Å². The van der Waals surface area contributed by atoms with Gasteiger partial charge in [0.05, 0.1) is 0 Å². The predicted octanol–water partition coefficient (Wildman–Crippen LogP) is 2.94. The van der Waals surface area contributed by atoms with Crippen molar-refractivity contribution in [3.63, 3.8) is 0 Å². The first-order valence-electron chi connectivity index (χ1n) is 8.76. The molecule has 146 valence electrons. The van der Waals surface area contributed by atoms with Crippen molar-refractivity contribution in [1.82, 2.24) is 14.2 Å². The number of aryl methyl sites for hydroxylation is 1. The molecule has 0 bridgehead atoms. The van der Waals surface area contributed by atoms with Crippen molar-refractivity contribution in [2.45, 2.75) is 11.8 Å². The Bertz CT molecular complexity index is 1140. The van der Waals surface area contributed by atoms with Gasteiger partial charge in [-0.25, -0.2) is 8.42 Å². The monoisotopic (exact) mass is 419 g/mol. The van der Waals surface area contributed by atoms with E-state index in [1.165, 1.54) is 22.8 Å². The summed E-state index contributed by atoms with van der Waals surface area (Å²) in [5, 5.41) is 1.37. The molecule has 3 heterocycles. The van der Waals surface area contributed by atoms with Crippen LogP contribution < -0.4 is 0 Å². The molecule has 7 nitrogen and oxygen atoms in total. The summed E-state index contributed by atoms with van der Waals surface area (Å²) in [6.45, 7) is 2.83. The molecular weight excluding hydrogens is 402 g/mol. The molecule has 0 unspecified atom stereocenters. The summed E-state index contributed by atoms with van der Waals surface area (Å²) in [5.41, 5.74) is 1.33. The number of nitrogens with zero attached hydrogens (tertiary/aromatic N) is 3. The molecule has 9 heteroatoms. The van der Waals surface area contributed by atoms with Crippen LogP contribution in [0.15, 0.2) is 52.0 Å². The van der Waals surface area contributed by atoms with Crippen LogP contribution in [0.1, 0.15) is 16.1 Å². The molecule has 1 amide bonds. The zero-order chi connectivity index (χ0) is 19.9. The van der Waals surface area contributed by atoms with Crippen LogP contribution in [0.3, 0.4) is 0 Å². The maximum Gasteiger partial charge on any atom is 0.289 e. The normalized spacial score (nSPS) is 15.9. The van der Waals surface area contributed by atoms with Crippen LogP contribution in [0.25, 0.3) is 11.0 Å². The number of halogens is 1. The summed E-state index contributed by atoms with van der Waals surface area (Å²) in [4.78, 5) is 18.6. The van der Waals surface area contributed by atoms with Crippen molar-refractivity contribution in [3.8, 4) is 0 Å². The molecule has 1 fully saturated rings. The lowest BCUT2D eigenvalue weighted by molar-refractivity contribution is 0.0667. The van der Waals surface area contributed by atoms with Gasteiger partial charge in [0, 0.05) is 54.5 Å². The number of hydrogen-bond donors (Lipinski definition) is 0. The highest BCUT2D eigenvalue weighted by Gasteiger charge is 2.32. The maximum atomic E-state index is 12.9. The van der Waals surface area contributed by atoms with E-state index in [1.807, 2.05) is 6.92 Å². The molecule has 0 spiro atoms. The third-order valence-corrected chi connectivity index (χ3v) is 7.01. The molecule has 1 aromatic carbocycles. The number of hydrogen-bond acceptors (Lipinski definition) is 5. The Morgan fingerprint density at radius 1 is 1.18 bits per heavy atom. The summed E-state index contributed by atoms with van der Waals surface area (Å²) in [6, 6.07) is 8.32. The predicted molar refractivity (Wildman–Crippen MR) is 105 cm³/mol. The zero-order valence-electron chi connectivity index (χ0n) is 15.1. The zero-order valence-corrected chi connectivity index (χ0v) is 16.7. The van der Waals surface area contributed by atoms with Crippen LogP contribution in [-0.4, -0.2) is 54.7 Å². The molecule has 0 aliphatic carbocycles. The topological polar surface area (TPSA) is 83.7 Å². The van der Waals surface area contributed by atoms with Crippen molar-refractivity contribution in [2.24, 2.45) is 0 Å². The van der Waals surface area contributed by atoms with E-state index < -0.39 is 10.0 Å². The molecule has 1 aliphatic rings. The van der Waals surface area contributed by atoms with E-state index in [0.717, 1.165) is 10.9 Å². The number of benzene rings is 1. The number of aromatic nitrogens is 1. The van der Waals surface area contributed by atoms with Crippen LogP contribution >= 0.6 is 11.6 Å². The molecule has 4 rings (SSSR count). The van der Waals surface area contributed by atoms with Gasteiger partial charge >= 0.3 is 0 Å². The van der Waals surface area contributed by atoms with Gasteiger partial charge in [-0.05, 0) is 37.3 Å². The second-order valence-electron chi connectivity index (χ2n) is 6.58. The summed E-state index contributed by atoms with van der Waals surface area (Å²) >= 11 is 6.03. The minimum absolute atomic E-state index is 0.153. The van der Waals surface area contributed by atoms with Gasteiger partial charge in [-0.1, -0.05) is 11.6 Å². The van der Waals surface area contributed by atoms with Gasteiger partial charge in [0.25, 0.3) is 5.91 Å². The number of pyridine rings is 1. The van der Waals surface area contributed by atoms with Gasteiger partial charge in [-0.15, -0.1) is 0 Å². The van der Waals surface area contributed by atoms with E-state index in [9.17, 15) is 13.2 Å². The molecule has 28 heavy (non-hydrogen) atoms. The highest BCUT2D eigenvalue weighted by atomic mass is 35.5. The van der Waals surface area contributed by atoms with Gasteiger partial charge in [-0.3, -0.25) is 9.78 Å². The molecule has 1 saturated heterocycles. The summed E-state index contributed by atoms with van der Waals surface area (Å²) in [6.07, 6.45) is 2.86. The summed E-state index contributed by atoms with van der Waals surface area (Å²) < 4.78 is 32.5. The maximum absolute atomic E-state index is 12.9. The minimum atomic E-state index is -3.61. The number of sulfonamides is 1. The van der Waals surface area contributed by atoms with Crippen molar-refractivity contribution < 1.29 is 17.6 Å². The Hall–Kier alpha value is -2.42. The first kappa shape index (κ1) is 18.9. The number of carbonyl (C=O) groups is 1. The Morgan fingerprint density at radius 2 is 1.93 bits per heavy atom. The minimum Gasteiger partial charge on any atom is -0.451 e. The average Bonchev–Trinajstić information content (AvgIpc) is 3.04. The van der Waals surface area contributed by atoms with E-state index in [0.29, 0.717) is 10.6 Å².